The Morgan fingerprint density at radius 2 is 0.434 bits per heavy atom. The van der Waals surface area contributed by atoms with Crippen molar-refractivity contribution in [3.05, 3.63) is 0 Å². The van der Waals surface area contributed by atoms with Crippen molar-refractivity contribution >= 4 is 39.5 Å². The number of hydrogen-bond acceptors (Lipinski definition) is 15. The topological polar surface area (TPSA) is 237 Å². The molecule has 0 saturated heterocycles. The lowest BCUT2D eigenvalue weighted by atomic mass is 10.0. The Balaban J connectivity index is 5.24. The van der Waals surface area contributed by atoms with Crippen LogP contribution in [-0.2, 0) is 65.4 Å². The number of unbranched alkanes of at least 4 members (excludes halogenated alkanes) is 56. The molecule has 2 unspecified atom stereocenters. The highest BCUT2D eigenvalue weighted by Crippen LogP contribution is 2.45. The molecule has 5 atom stereocenters. The maximum Gasteiger partial charge on any atom is 0.472 e. The van der Waals surface area contributed by atoms with Gasteiger partial charge in [-0.25, -0.2) is 9.13 Å². The van der Waals surface area contributed by atoms with Crippen molar-refractivity contribution in [3.63, 3.8) is 0 Å². The molecule has 0 aromatic heterocycles. The van der Waals surface area contributed by atoms with Gasteiger partial charge in [-0.05, 0) is 37.5 Å². The van der Waals surface area contributed by atoms with Crippen molar-refractivity contribution in [2.75, 3.05) is 39.6 Å². The normalized spacial score (nSPS) is 13.8. The zero-order chi connectivity index (χ0) is 77.8. The zero-order valence-electron chi connectivity index (χ0n) is 69.7. The molecule has 0 bridgehead atoms. The number of rotatable bonds is 86. The highest BCUT2D eigenvalue weighted by Gasteiger charge is 2.30. The molecule has 0 aliphatic rings. The lowest BCUT2D eigenvalue weighted by Crippen LogP contribution is -2.30. The van der Waals surface area contributed by atoms with Gasteiger partial charge in [-0.1, -0.05) is 414 Å². The van der Waals surface area contributed by atoms with Gasteiger partial charge in [0.15, 0.2) is 12.2 Å². The average Bonchev–Trinajstić information content (AvgIpc) is 0.888. The highest BCUT2D eigenvalue weighted by atomic mass is 31.2. The fourth-order valence-corrected chi connectivity index (χ4v) is 15.2. The van der Waals surface area contributed by atoms with Gasteiger partial charge in [-0.15, -0.1) is 0 Å². The van der Waals surface area contributed by atoms with Crippen LogP contribution in [-0.4, -0.2) is 96.7 Å². The average molecular weight is 1550 g/mol. The van der Waals surface area contributed by atoms with E-state index < -0.39 is 97.5 Å². The van der Waals surface area contributed by atoms with Crippen LogP contribution < -0.4 is 0 Å². The van der Waals surface area contributed by atoms with Crippen LogP contribution in [0.15, 0.2) is 0 Å². The Morgan fingerprint density at radius 3 is 0.642 bits per heavy atom. The monoisotopic (exact) mass is 1550 g/mol. The lowest BCUT2D eigenvalue weighted by molar-refractivity contribution is -0.161. The van der Waals surface area contributed by atoms with E-state index in [-0.39, 0.29) is 25.7 Å². The molecule has 0 spiro atoms. The van der Waals surface area contributed by atoms with Gasteiger partial charge in [-0.3, -0.25) is 37.3 Å². The maximum absolute atomic E-state index is 13.2. The Morgan fingerprint density at radius 1 is 0.255 bits per heavy atom. The minimum atomic E-state index is -4.97. The third-order valence-electron chi connectivity index (χ3n) is 20.5. The number of ether oxygens (including phenoxy) is 4. The van der Waals surface area contributed by atoms with E-state index in [0.717, 1.165) is 102 Å². The van der Waals surface area contributed by atoms with E-state index in [1.807, 2.05) is 0 Å². The molecule has 17 nitrogen and oxygen atoms in total. The van der Waals surface area contributed by atoms with Gasteiger partial charge < -0.3 is 33.8 Å². The molecule has 0 heterocycles. The largest absolute Gasteiger partial charge is 0.472 e. The number of aliphatic hydroxyl groups excluding tert-OH is 1. The van der Waals surface area contributed by atoms with E-state index in [1.54, 1.807) is 0 Å². The molecule has 0 fully saturated rings. The molecular formula is C87H170O17P2. The summed E-state index contributed by atoms with van der Waals surface area (Å²) < 4.78 is 68.9. The van der Waals surface area contributed by atoms with Crippen molar-refractivity contribution in [2.45, 2.75) is 484 Å². The first-order valence-electron chi connectivity index (χ1n) is 45.0. The fourth-order valence-electron chi connectivity index (χ4n) is 13.6. The first-order chi connectivity index (χ1) is 51.4. The van der Waals surface area contributed by atoms with Crippen LogP contribution in [0.25, 0.3) is 0 Å². The Bertz CT molecular complexity index is 2030. The maximum atomic E-state index is 13.2. The second-order valence-corrected chi connectivity index (χ2v) is 35.1. The second-order valence-electron chi connectivity index (χ2n) is 32.2. The first kappa shape index (κ1) is 104. The van der Waals surface area contributed by atoms with Crippen LogP contribution in [0.5, 0.6) is 0 Å². The molecule has 0 aromatic carbocycles. The molecule has 0 amide bonds. The fraction of sp³-hybridized carbons (Fsp3) is 0.954. The molecule has 106 heavy (non-hydrogen) atoms. The van der Waals surface area contributed by atoms with E-state index in [4.69, 9.17) is 37.0 Å². The molecule has 0 aliphatic heterocycles. The number of phosphoric ester groups is 2. The number of aliphatic hydroxyl groups is 1. The van der Waals surface area contributed by atoms with Crippen LogP contribution >= 0.6 is 15.6 Å². The minimum absolute atomic E-state index is 0.108. The predicted molar refractivity (Wildman–Crippen MR) is 437 cm³/mol. The van der Waals surface area contributed by atoms with E-state index in [1.165, 1.54) is 283 Å². The van der Waals surface area contributed by atoms with Crippen LogP contribution in [0, 0.1) is 11.8 Å². The molecule has 0 saturated carbocycles. The quantitative estimate of drug-likeness (QED) is 0.0222. The molecule has 0 rings (SSSR count). The molecular weight excluding hydrogens is 1380 g/mol. The predicted octanol–water partition coefficient (Wildman–Crippen LogP) is 26.6. The van der Waals surface area contributed by atoms with Gasteiger partial charge in [0, 0.05) is 25.7 Å². The Hall–Kier alpha value is -1.94. The van der Waals surface area contributed by atoms with Gasteiger partial charge in [0.1, 0.15) is 19.3 Å². The third-order valence-corrected chi connectivity index (χ3v) is 22.4. The van der Waals surface area contributed by atoms with Gasteiger partial charge >= 0.3 is 39.5 Å². The van der Waals surface area contributed by atoms with Gasteiger partial charge in [-0.2, -0.15) is 0 Å². The number of esters is 4. The summed E-state index contributed by atoms with van der Waals surface area (Å²) >= 11 is 0. The molecule has 0 radical (unpaired) electrons. The first-order valence-corrected chi connectivity index (χ1v) is 48.0. The molecule has 0 aromatic rings. The minimum Gasteiger partial charge on any atom is -0.462 e. The van der Waals surface area contributed by atoms with E-state index in [9.17, 15) is 43.2 Å². The Labute approximate surface area is 651 Å². The van der Waals surface area contributed by atoms with Gasteiger partial charge in [0.05, 0.1) is 26.4 Å². The molecule has 3 N–H and O–H groups in total. The number of carbonyl (C=O) groups is 4. The highest BCUT2D eigenvalue weighted by molar-refractivity contribution is 7.47. The number of hydrogen-bond donors (Lipinski definition) is 3. The SMILES string of the molecule is CCCCCCCCCCCCCCCCCCCCCCCCC(=O)O[C@H](COC(=O)CCCCCCCCCCCCCCCC(C)C)COP(=O)(O)OC[C@@H](O)COP(=O)(O)OC[C@@H](COC(=O)CCCCCCCCCCCC(C)C)OC(=O)CCCCCCCCCCCCCCCCCC. The summed E-state index contributed by atoms with van der Waals surface area (Å²) in [7, 11) is -9.93. The lowest BCUT2D eigenvalue weighted by Gasteiger charge is -2.21. The zero-order valence-corrected chi connectivity index (χ0v) is 71.5. The van der Waals surface area contributed by atoms with Gasteiger partial charge in [0.25, 0.3) is 0 Å². The summed E-state index contributed by atoms with van der Waals surface area (Å²) in [6.07, 6.45) is 70.9. The van der Waals surface area contributed by atoms with Crippen LogP contribution in [0.1, 0.15) is 465 Å². The summed E-state index contributed by atoms with van der Waals surface area (Å²) in [5, 5.41) is 10.7. The molecule has 630 valence electrons. The number of carbonyl (C=O) groups excluding carboxylic acids is 4. The number of phosphoric acid groups is 2. The van der Waals surface area contributed by atoms with Crippen molar-refractivity contribution in [2.24, 2.45) is 11.8 Å². The Kier molecular flexibility index (Phi) is 76.9. The summed E-state index contributed by atoms with van der Waals surface area (Å²) in [6.45, 7) is 9.68. The summed E-state index contributed by atoms with van der Waals surface area (Å²) in [5.41, 5.74) is 0. The van der Waals surface area contributed by atoms with E-state index in [0.29, 0.717) is 25.7 Å². The van der Waals surface area contributed by atoms with E-state index >= 15 is 0 Å². The van der Waals surface area contributed by atoms with Crippen molar-refractivity contribution in [1.82, 2.24) is 0 Å². The van der Waals surface area contributed by atoms with E-state index in [2.05, 4.69) is 41.5 Å². The standard InChI is InChI=1S/C87H170O17P2/c1-7-9-11-13-15-17-19-21-23-25-26-27-28-29-30-32-36-41-47-54-60-66-72-86(91)103-82(75-97-84(89)69-63-57-51-45-39-37-33-34-38-43-49-55-61-67-79(3)4)77-101-105(93,94)99-73-81(88)74-100-106(95,96)102-78-83(76-98-85(90)70-64-58-52-48-42-44-50-56-62-68-80(5)6)104-87(92)71-65-59-53-46-40-35-31-24-22-20-18-16-14-12-10-8-2/h79-83,88H,7-78H2,1-6H3,(H,93,94)(H,95,96)/t81-,82-,83-/m1/s1. The summed E-state index contributed by atoms with van der Waals surface area (Å²) in [5.74, 6) is -0.566. The molecule has 19 heteroatoms. The smallest absolute Gasteiger partial charge is 0.462 e. The van der Waals surface area contributed by atoms with Crippen molar-refractivity contribution in [3.8, 4) is 0 Å². The molecule has 0 aliphatic carbocycles. The van der Waals surface area contributed by atoms with Crippen LogP contribution in [0.4, 0.5) is 0 Å². The summed E-state index contributed by atoms with van der Waals surface area (Å²) in [6, 6.07) is 0. The van der Waals surface area contributed by atoms with Gasteiger partial charge in [0.2, 0.25) is 0 Å². The second kappa shape index (κ2) is 78.3. The van der Waals surface area contributed by atoms with Crippen molar-refractivity contribution in [1.29, 1.82) is 0 Å². The van der Waals surface area contributed by atoms with Crippen molar-refractivity contribution < 1.29 is 80.2 Å². The third kappa shape index (κ3) is 80.1. The summed E-state index contributed by atoms with van der Waals surface area (Å²) in [4.78, 5) is 73.3. The van der Waals surface area contributed by atoms with Crippen LogP contribution in [0.2, 0.25) is 0 Å². The van der Waals surface area contributed by atoms with Crippen LogP contribution in [0.3, 0.4) is 0 Å².